The van der Waals surface area contributed by atoms with Crippen molar-refractivity contribution < 1.29 is 4.79 Å². The van der Waals surface area contributed by atoms with Crippen LogP contribution in [0.2, 0.25) is 5.02 Å². The second-order valence-corrected chi connectivity index (χ2v) is 6.50. The van der Waals surface area contributed by atoms with Gasteiger partial charge in [0.2, 0.25) is 0 Å². The number of halogens is 1. The average Bonchev–Trinajstić information content (AvgIpc) is 3.14. The molecule has 0 spiro atoms. The first kappa shape index (κ1) is 18.1. The molecule has 1 unspecified atom stereocenters. The summed E-state index contributed by atoms with van der Waals surface area (Å²) < 4.78 is 1.58. The number of para-hydroxylation sites is 1. The summed E-state index contributed by atoms with van der Waals surface area (Å²) >= 11 is 6.30. The Labute approximate surface area is 157 Å². The van der Waals surface area contributed by atoms with E-state index in [-0.39, 0.29) is 17.6 Å². The van der Waals surface area contributed by atoms with Gasteiger partial charge in [-0.2, -0.15) is 0 Å². The van der Waals surface area contributed by atoms with E-state index in [1.807, 2.05) is 73.6 Å². The summed E-state index contributed by atoms with van der Waals surface area (Å²) in [5.74, 6) is -0.272. The lowest BCUT2D eigenvalue weighted by Crippen LogP contribution is -2.34. The van der Waals surface area contributed by atoms with Gasteiger partial charge in [-0.05, 0) is 37.9 Å². The van der Waals surface area contributed by atoms with Gasteiger partial charge in [-0.25, -0.2) is 4.68 Å². The molecule has 2 aromatic carbocycles. The van der Waals surface area contributed by atoms with Crippen LogP contribution in [0.3, 0.4) is 0 Å². The fourth-order valence-electron chi connectivity index (χ4n) is 2.67. The maximum absolute atomic E-state index is 12.5. The van der Waals surface area contributed by atoms with Gasteiger partial charge in [0.05, 0.1) is 17.9 Å². The number of hydrogen-bond acceptors (Lipinski definition) is 4. The van der Waals surface area contributed by atoms with Crippen molar-refractivity contribution in [2.75, 3.05) is 20.6 Å². The third kappa shape index (κ3) is 4.09. The Hall–Kier alpha value is -2.70. The highest BCUT2D eigenvalue weighted by Gasteiger charge is 2.19. The summed E-state index contributed by atoms with van der Waals surface area (Å²) in [6.45, 7) is 0.410. The molecule has 1 heterocycles. The molecule has 0 aliphatic carbocycles. The lowest BCUT2D eigenvalue weighted by Gasteiger charge is -2.25. The highest BCUT2D eigenvalue weighted by atomic mass is 35.5. The summed E-state index contributed by atoms with van der Waals surface area (Å²) in [7, 11) is 3.90. The minimum Gasteiger partial charge on any atom is -0.349 e. The number of aromatic nitrogens is 3. The molecule has 0 radical (unpaired) electrons. The van der Waals surface area contributed by atoms with E-state index < -0.39 is 0 Å². The summed E-state index contributed by atoms with van der Waals surface area (Å²) in [5, 5.41) is 11.6. The monoisotopic (exact) mass is 369 g/mol. The zero-order valence-corrected chi connectivity index (χ0v) is 15.4. The number of amides is 1. The van der Waals surface area contributed by atoms with Gasteiger partial charge < -0.3 is 10.2 Å². The van der Waals surface area contributed by atoms with Gasteiger partial charge in [0.1, 0.15) is 0 Å². The largest absolute Gasteiger partial charge is 0.349 e. The molecular weight excluding hydrogens is 350 g/mol. The number of carbonyl (C=O) groups is 1. The van der Waals surface area contributed by atoms with Crippen LogP contribution < -0.4 is 5.32 Å². The van der Waals surface area contributed by atoms with Crippen LogP contribution in [0.25, 0.3) is 5.69 Å². The van der Waals surface area contributed by atoms with Gasteiger partial charge in [-0.15, -0.1) is 5.10 Å². The molecule has 0 aliphatic rings. The van der Waals surface area contributed by atoms with Gasteiger partial charge >= 0.3 is 0 Å². The standard InChI is InChI=1S/C19H20ClN5O/c1-24(2)18(15-10-6-7-11-16(15)20)12-21-19(26)17-13-25(23-22-17)14-8-4-3-5-9-14/h3-11,13,18H,12H2,1-2H3,(H,21,26). The van der Waals surface area contributed by atoms with Crippen molar-refractivity contribution in [2.24, 2.45) is 0 Å². The third-order valence-corrected chi connectivity index (χ3v) is 4.43. The van der Waals surface area contributed by atoms with E-state index in [1.165, 1.54) is 0 Å². The Kier molecular flexibility index (Phi) is 5.65. The Bertz CT molecular complexity index is 878. The van der Waals surface area contributed by atoms with Crippen LogP contribution in [0.4, 0.5) is 0 Å². The highest BCUT2D eigenvalue weighted by molar-refractivity contribution is 6.31. The Morgan fingerprint density at radius 3 is 2.54 bits per heavy atom. The van der Waals surface area contributed by atoms with Crippen LogP contribution in [0, 0.1) is 0 Å². The molecule has 0 aliphatic heterocycles. The van der Waals surface area contributed by atoms with Crippen LogP contribution in [0.5, 0.6) is 0 Å². The van der Waals surface area contributed by atoms with Crippen LogP contribution in [0.15, 0.2) is 60.8 Å². The first-order valence-electron chi connectivity index (χ1n) is 8.23. The Balaban J connectivity index is 1.70. The van der Waals surface area contributed by atoms with Crippen molar-refractivity contribution in [2.45, 2.75) is 6.04 Å². The third-order valence-electron chi connectivity index (χ3n) is 4.09. The smallest absolute Gasteiger partial charge is 0.273 e. The highest BCUT2D eigenvalue weighted by Crippen LogP contribution is 2.25. The number of nitrogens with one attached hydrogen (secondary N) is 1. The number of benzene rings is 2. The van der Waals surface area contributed by atoms with Crippen molar-refractivity contribution in [3.05, 3.63) is 77.1 Å². The molecule has 7 heteroatoms. The molecule has 26 heavy (non-hydrogen) atoms. The first-order chi connectivity index (χ1) is 12.6. The number of nitrogens with zero attached hydrogens (tertiary/aromatic N) is 4. The fourth-order valence-corrected chi connectivity index (χ4v) is 2.93. The molecule has 0 bridgehead atoms. The van der Waals surface area contributed by atoms with Crippen molar-refractivity contribution in [1.29, 1.82) is 0 Å². The topological polar surface area (TPSA) is 63.1 Å². The molecule has 1 atom stereocenters. The normalized spacial score (nSPS) is 12.2. The second kappa shape index (κ2) is 8.12. The van der Waals surface area contributed by atoms with E-state index in [0.717, 1.165) is 11.3 Å². The van der Waals surface area contributed by atoms with Crippen molar-refractivity contribution >= 4 is 17.5 Å². The molecule has 6 nitrogen and oxygen atoms in total. The van der Waals surface area contributed by atoms with Crippen molar-refractivity contribution in [3.8, 4) is 5.69 Å². The van der Waals surface area contributed by atoms with Crippen LogP contribution in [-0.4, -0.2) is 46.4 Å². The lowest BCUT2D eigenvalue weighted by molar-refractivity contribution is 0.0937. The summed E-state index contributed by atoms with van der Waals surface area (Å²) in [4.78, 5) is 14.5. The zero-order chi connectivity index (χ0) is 18.5. The number of rotatable bonds is 6. The van der Waals surface area contributed by atoms with Gasteiger partial charge in [-0.3, -0.25) is 4.79 Å². The maximum Gasteiger partial charge on any atom is 0.273 e. The SMILES string of the molecule is CN(C)C(CNC(=O)c1cn(-c2ccccc2)nn1)c1ccccc1Cl. The lowest BCUT2D eigenvalue weighted by atomic mass is 10.1. The predicted octanol–water partition coefficient (Wildman–Crippen LogP) is 2.95. The molecule has 1 N–H and O–H groups in total. The average molecular weight is 370 g/mol. The quantitative estimate of drug-likeness (QED) is 0.725. The van der Waals surface area contributed by atoms with E-state index in [2.05, 4.69) is 15.6 Å². The van der Waals surface area contributed by atoms with Crippen LogP contribution in [0.1, 0.15) is 22.1 Å². The van der Waals surface area contributed by atoms with Gasteiger partial charge in [0, 0.05) is 11.6 Å². The molecule has 0 fully saturated rings. The van der Waals surface area contributed by atoms with Crippen LogP contribution in [-0.2, 0) is 0 Å². The van der Waals surface area contributed by atoms with Gasteiger partial charge in [-0.1, -0.05) is 53.2 Å². The van der Waals surface area contributed by atoms with E-state index >= 15 is 0 Å². The first-order valence-corrected chi connectivity index (χ1v) is 8.61. The minimum absolute atomic E-state index is 0.0446. The fraction of sp³-hybridized carbons (Fsp3) is 0.211. The molecule has 0 saturated heterocycles. The molecular formula is C19H20ClN5O. The number of hydrogen-bond donors (Lipinski definition) is 1. The van der Waals surface area contributed by atoms with Crippen LogP contribution >= 0.6 is 11.6 Å². The summed E-state index contributed by atoms with van der Waals surface area (Å²) in [6, 6.07) is 17.1. The molecule has 3 aromatic rings. The van der Waals surface area contributed by atoms with Gasteiger partial charge in [0.25, 0.3) is 5.91 Å². The maximum atomic E-state index is 12.5. The minimum atomic E-state index is -0.272. The molecule has 3 rings (SSSR count). The summed E-state index contributed by atoms with van der Waals surface area (Å²) in [6.07, 6.45) is 1.62. The summed E-state index contributed by atoms with van der Waals surface area (Å²) in [5.41, 5.74) is 2.08. The number of likely N-dealkylation sites (N-methyl/N-ethyl adjacent to an activating group) is 1. The molecule has 1 amide bonds. The van der Waals surface area contributed by atoms with Crippen molar-refractivity contribution in [3.63, 3.8) is 0 Å². The molecule has 134 valence electrons. The molecule has 0 saturated carbocycles. The predicted molar refractivity (Wildman–Crippen MR) is 102 cm³/mol. The number of carbonyl (C=O) groups excluding carboxylic acids is 1. The van der Waals surface area contributed by atoms with Crippen molar-refractivity contribution in [1.82, 2.24) is 25.2 Å². The zero-order valence-electron chi connectivity index (χ0n) is 14.6. The van der Waals surface area contributed by atoms with E-state index in [4.69, 9.17) is 11.6 Å². The Morgan fingerprint density at radius 1 is 1.15 bits per heavy atom. The molecule has 1 aromatic heterocycles. The van der Waals surface area contributed by atoms with E-state index in [1.54, 1.807) is 10.9 Å². The van der Waals surface area contributed by atoms with Gasteiger partial charge in [0.15, 0.2) is 5.69 Å². The second-order valence-electron chi connectivity index (χ2n) is 6.09. The van der Waals surface area contributed by atoms with E-state index in [0.29, 0.717) is 11.6 Å². The van der Waals surface area contributed by atoms with E-state index in [9.17, 15) is 4.79 Å². The Morgan fingerprint density at radius 2 is 1.85 bits per heavy atom.